The number of imidazole rings is 1. The van der Waals surface area contributed by atoms with Crippen molar-refractivity contribution in [3.05, 3.63) is 94.0 Å². The lowest BCUT2D eigenvalue weighted by Gasteiger charge is -2.15. The maximum absolute atomic E-state index is 13.8. The van der Waals surface area contributed by atoms with Crippen molar-refractivity contribution in [2.45, 2.75) is 25.6 Å². The molecule has 0 bridgehead atoms. The first-order valence-corrected chi connectivity index (χ1v) is 12.1. The highest BCUT2D eigenvalue weighted by Crippen LogP contribution is 2.32. The molecule has 0 radical (unpaired) electrons. The van der Waals surface area contributed by atoms with Crippen LogP contribution in [0.2, 0.25) is 0 Å². The summed E-state index contributed by atoms with van der Waals surface area (Å²) in [6.07, 6.45) is -2.41. The lowest BCUT2D eigenvalue weighted by molar-refractivity contribution is -0.137. The lowest BCUT2D eigenvalue weighted by Crippen LogP contribution is -2.43. The molecule has 1 aliphatic heterocycles. The molecule has 0 aliphatic carbocycles. The Kier molecular flexibility index (Phi) is 6.61. The largest absolute Gasteiger partial charge is 0.416 e. The highest BCUT2D eigenvalue weighted by atomic mass is 19.4. The monoisotopic (exact) mass is 535 g/mol. The predicted molar refractivity (Wildman–Crippen MR) is 138 cm³/mol. The topological polar surface area (TPSA) is 81.5 Å². The first kappa shape index (κ1) is 26.0. The number of rotatable bonds is 4. The summed E-state index contributed by atoms with van der Waals surface area (Å²) in [5, 5.41) is 7.26. The minimum Gasteiger partial charge on any atom is -0.333 e. The molecule has 0 spiro atoms. The molecular formula is C27H24F3N7O2. The number of benzene rings is 2. The number of likely N-dealkylation sites (N-methyl/N-ethyl adjacent to an activating group) is 1. The van der Waals surface area contributed by atoms with E-state index < -0.39 is 23.5 Å². The third-order valence-electron chi connectivity index (χ3n) is 6.75. The Morgan fingerprint density at radius 3 is 2.51 bits per heavy atom. The van der Waals surface area contributed by atoms with Crippen LogP contribution < -0.4 is 11.0 Å². The summed E-state index contributed by atoms with van der Waals surface area (Å²) in [5.74, 6) is 0. The maximum atomic E-state index is 13.8. The van der Waals surface area contributed by atoms with Crippen molar-refractivity contribution in [1.82, 2.24) is 29.1 Å². The summed E-state index contributed by atoms with van der Waals surface area (Å²) < 4.78 is 44.0. The number of halogens is 3. The number of hydrogen-bond acceptors (Lipinski definition) is 4. The Labute approximate surface area is 221 Å². The third-order valence-corrected chi connectivity index (χ3v) is 6.75. The number of hydrogen-bond donors (Lipinski definition) is 1. The van der Waals surface area contributed by atoms with Gasteiger partial charge in [0.05, 0.1) is 41.1 Å². The Balaban J connectivity index is 1.70. The molecule has 0 saturated carbocycles. The van der Waals surface area contributed by atoms with Gasteiger partial charge in [-0.1, -0.05) is 18.2 Å². The van der Waals surface area contributed by atoms with Crippen LogP contribution in [-0.2, 0) is 6.18 Å². The summed E-state index contributed by atoms with van der Waals surface area (Å²) in [6.45, 7) is 10.1. The number of carbonyl (C=O) groups excluding carboxylic acids is 1. The number of carbonyl (C=O) groups is 1. The van der Waals surface area contributed by atoms with Gasteiger partial charge in [0.1, 0.15) is 5.69 Å². The van der Waals surface area contributed by atoms with Crippen LogP contribution in [-0.4, -0.2) is 56.0 Å². The molecule has 200 valence electrons. The van der Waals surface area contributed by atoms with E-state index in [0.717, 1.165) is 27.8 Å². The summed E-state index contributed by atoms with van der Waals surface area (Å²) in [5.41, 5.74) is 0.0942. The van der Waals surface area contributed by atoms with Crippen LogP contribution in [0.1, 0.15) is 17.7 Å². The van der Waals surface area contributed by atoms with E-state index in [4.69, 9.17) is 6.57 Å². The molecule has 1 atom stereocenters. The fraction of sp³-hybridized carbons (Fsp3) is 0.259. The number of alkyl halides is 3. The zero-order valence-corrected chi connectivity index (χ0v) is 21.1. The van der Waals surface area contributed by atoms with Crippen molar-refractivity contribution in [3.63, 3.8) is 0 Å². The second-order valence-corrected chi connectivity index (χ2v) is 9.39. The van der Waals surface area contributed by atoms with Crippen molar-refractivity contribution in [1.29, 1.82) is 0 Å². The Bertz CT molecular complexity index is 1640. The number of amides is 1. The molecule has 1 fully saturated rings. The van der Waals surface area contributed by atoms with Crippen molar-refractivity contribution in [2.24, 2.45) is 0 Å². The van der Waals surface area contributed by atoms with E-state index in [-0.39, 0.29) is 23.1 Å². The van der Waals surface area contributed by atoms with Gasteiger partial charge in [0.15, 0.2) is 5.69 Å². The third kappa shape index (κ3) is 4.84. The first-order valence-electron chi connectivity index (χ1n) is 12.1. The molecule has 9 nitrogen and oxygen atoms in total. The van der Waals surface area contributed by atoms with Crippen molar-refractivity contribution < 1.29 is 18.0 Å². The zero-order chi connectivity index (χ0) is 27.9. The van der Waals surface area contributed by atoms with Gasteiger partial charge < -0.3 is 10.2 Å². The molecule has 1 saturated heterocycles. The first-order chi connectivity index (χ1) is 18.6. The van der Waals surface area contributed by atoms with Crippen LogP contribution in [0.4, 0.5) is 23.7 Å². The van der Waals surface area contributed by atoms with E-state index in [1.807, 2.05) is 7.05 Å². The van der Waals surface area contributed by atoms with Crippen molar-refractivity contribution >= 4 is 11.7 Å². The molecule has 12 heteroatoms. The van der Waals surface area contributed by atoms with Crippen LogP contribution in [0.25, 0.3) is 27.6 Å². The second-order valence-electron chi connectivity index (χ2n) is 9.39. The van der Waals surface area contributed by atoms with Crippen molar-refractivity contribution in [3.8, 4) is 22.8 Å². The van der Waals surface area contributed by atoms with Gasteiger partial charge >= 0.3 is 17.9 Å². The zero-order valence-electron chi connectivity index (χ0n) is 21.1. The SMILES string of the molecule is [C-]#[N+]c1ccc(-n2nccc2-c2c(C)n(-c3cccc(C(F)(F)F)c3)c(=O)n2C(=O)N[C@@H]2CCN(C)C2)cc1. The number of nitrogens with one attached hydrogen (secondary N) is 1. The predicted octanol–water partition coefficient (Wildman–Crippen LogP) is 4.63. The quantitative estimate of drug-likeness (QED) is 0.387. The van der Waals surface area contributed by atoms with Gasteiger partial charge in [-0.25, -0.2) is 23.7 Å². The van der Waals surface area contributed by atoms with E-state index in [2.05, 4.69) is 20.2 Å². The number of nitrogens with zero attached hydrogens (tertiary/aromatic N) is 6. The van der Waals surface area contributed by atoms with Gasteiger partial charge in [-0.2, -0.15) is 18.3 Å². The van der Waals surface area contributed by atoms with Gasteiger partial charge in [0.2, 0.25) is 0 Å². The molecule has 0 unspecified atom stereocenters. The van der Waals surface area contributed by atoms with E-state index in [0.29, 0.717) is 30.0 Å². The minimum atomic E-state index is -4.61. The summed E-state index contributed by atoms with van der Waals surface area (Å²) in [4.78, 5) is 32.8. The average Bonchev–Trinajstić information content (AvgIpc) is 3.61. The fourth-order valence-electron chi connectivity index (χ4n) is 4.87. The van der Waals surface area contributed by atoms with Gasteiger partial charge in [0.25, 0.3) is 0 Å². The molecule has 1 N–H and O–H groups in total. The molecule has 2 aromatic heterocycles. The summed E-state index contributed by atoms with van der Waals surface area (Å²) >= 11 is 0. The van der Waals surface area contributed by atoms with Crippen LogP contribution in [0.5, 0.6) is 0 Å². The number of likely N-dealkylation sites (tertiary alicyclic amines) is 1. The fourth-order valence-corrected chi connectivity index (χ4v) is 4.87. The van der Waals surface area contributed by atoms with Gasteiger partial charge in [-0.3, -0.25) is 4.57 Å². The molecule has 3 heterocycles. The highest BCUT2D eigenvalue weighted by Gasteiger charge is 2.32. The summed E-state index contributed by atoms with van der Waals surface area (Å²) in [6, 6.07) is 11.8. The molecule has 1 aliphatic rings. The Morgan fingerprint density at radius 2 is 1.87 bits per heavy atom. The van der Waals surface area contributed by atoms with E-state index >= 15 is 0 Å². The lowest BCUT2D eigenvalue weighted by atomic mass is 10.2. The van der Waals surface area contributed by atoms with E-state index in [1.165, 1.54) is 23.0 Å². The molecule has 5 rings (SSSR count). The smallest absolute Gasteiger partial charge is 0.333 e. The molecule has 39 heavy (non-hydrogen) atoms. The average molecular weight is 536 g/mol. The Morgan fingerprint density at radius 1 is 1.13 bits per heavy atom. The van der Waals surface area contributed by atoms with Gasteiger partial charge in [-0.15, -0.1) is 0 Å². The van der Waals surface area contributed by atoms with Crippen LogP contribution in [0.15, 0.2) is 65.6 Å². The minimum absolute atomic E-state index is 0.0202. The summed E-state index contributed by atoms with van der Waals surface area (Å²) in [7, 11) is 1.93. The normalized spacial score (nSPS) is 15.8. The molecule has 2 aromatic carbocycles. The highest BCUT2D eigenvalue weighted by molar-refractivity contribution is 5.83. The van der Waals surface area contributed by atoms with Crippen molar-refractivity contribution in [2.75, 3.05) is 20.1 Å². The van der Waals surface area contributed by atoms with Crippen LogP contribution in [0, 0.1) is 13.5 Å². The van der Waals surface area contributed by atoms with E-state index in [1.54, 1.807) is 37.3 Å². The molecular weight excluding hydrogens is 511 g/mol. The Hall–Kier alpha value is -4.63. The standard InChI is InChI=1S/C27H24F3N7O2/c1-17-24(23-11-13-32-37(23)21-9-7-19(31-2)8-10-21)36(25(38)33-20-12-14-34(3)16-20)26(39)35(17)22-6-4-5-18(15-22)27(28,29)30/h4-11,13,15,20H,12,14,16H2,1,3H3,(H,33,38)/t20-/m1/s1. The second kappa shape index (κ2) is 9.92. The maximum Gasteiger partial charge on any atom is 0.416 e. The van der Waals surface area contributed by atoms with Crippen LogP contribution >= 0.6 is 0 Å². The van der Waals surface area contributed by atoms with Gasteiger partial charge in [0, 0.05) is 12.6 Å². The van der Waals surface area contributed by atoms with Gasteiger partial charge in [-0.05, 0) is 63.3 Å². The van der Waals surface area contributed by atoms with E-state index in [9.17, 15) is 22.8 Å². The van der Waals surface area contributed by atoms with Crippen LogP contribution in [0.3, 0.4) is 0 Å². The number of aromatic nitrogens is 4. The molecule has 4 aromatic rings. The molecule has 1 amide bonds.